The second-order valence-corrected chi connectivity index (χ2v) is 6.01. The number of fused-ring (bicyclic) bond motifs is 1. The van der Waals surface area contributed by atoms with E-state index >= 15 is 0 Å². The van der Waals surface area contributed by atoms with E-state index < -0.39 is 0 Å². The molecule has 3 aromatic rings. The molecule has 1 heterocycles. The van der Waals surface area contributed by atoms with Crippen LogP contribution in [0.2, 0.25) is 0 Å². The van der Waals surface area contributed by atoms with Crippen molar-refractivity contribution in [1.29, 1.82) is 0 Å². The Morgan fingerprint density at radius 1 is 1.27 bits per heavy atom. The molecule has 0 aliphatic heterocycles. The minimum Gasteiger partial charge on any atom is -0.396 e. The maximum absolute atomic E-state index is 6.14. The van der Waals surface area contributed by atoms with Gasteiger partial charge in [0.25, 0.3) is 0 Å². The molecule has 22 heavy (non-hydrogen) atoms. The molecule has 2 aromatic carbocycles. The number of anilines is 3. The summed E-state index contributed by atoms with van der Waals surface area (Å²) >= 11 is 3.50. The molecule has 0 radical (unpaired) electrons. The first-order chi connectivity index (χ1) is 10.6. The lowest BCUT2D eigenvalue weighted by Crippen LogP contribution is -2.00. The monoisotopic (exact) mass is 353 g/mol. The number of hydrogen-bond acceptors (Lipinski definition) is 3. The molecule has 4 heteroatoms. The van der Waals surface area contributed by atoms with Crippen molar-refractivity contribution in [2.75, 3.05) is 11.1 Å². The topological polar surface area (TPSA) is 50.9 Å². The summed E-state index contributed by atoms with van der Waals surface area (Å²) in [5, 5.41) is 4.44. The molecule has 3 N–H and O–H groups in total. The zero-order chi connectivity index (χ0) is 15.7. The number of nitrogens with one attached hydrogen (secondary N) is 1. The summed E-state index contributed by atoms with van der Waals surface area (Å²) in [6.45, 7) is 5.91. The highest BCUT2D eigenvalue weighted by Crippen LogP contribution is 2.34. The lowest BCUT2D eigenvalue weighted by atomic mass is 10.1. The Labute approximate surface area is 138 Å². The van der Waals surface area contributed by atoms with Crippen LogP contribution in [0.15, 0.2) is 53.6 Å². The van der Waals surface area contributed by atoms with Gasteiger partial charge in [0.05, 0.1) is 23.1 Å². The molecule has 0 saturated heterocycles. The summed E-state index contributed by atoms with van der Waals surface area (Å²) in [7, 11) is 0. The predicted molar refractivity (Wildman–Crippen MR) is 98.4 cm³/mol. The number of benzene rings is 2. The Bertz CT molecular complexity index is 866. The lowest BCUT2D eigenvalue weighted by molar-refractivity contribution is 1.38. The SMILES string of the molecule is C=Cc1cccc(Nc2c(N)cnc3ccc(Br)cc23)c1C. The summed E-state index contributed by atoms with van der Waals surface area (Å²) in [5.41, 5.74) is 11.8. The van der Waals surface area contributed by atoms with E-state index in [1.165, 1.54) is 0 Å². The largest absolute Gasteiger partial charge is 0.396 e. The third kappa shape index (κ3) is 2.57. The second-order valence-electron chi connectivity index (χ2n) is 5.10. The van der Waals surface area contributed by atoms with Gasteiger partial charge in [0.1, 0.15) is 0 Å². The van der Waals surface area contributed by atoms with Crippen LogP contribution < -0.4 is 11.1 Å². The summed E-state index contributed by atoms with van der Waals surface area (Å²) in [4.78, 5) is 4.38. The number of rotatable bonds is 3. The van der Waals surface area contributed by atoms with Crippen molar-refractivity contribution < 1.29 is 0 Å². The first kappa shape index (κ1) is 14.6. The van der Waals surface area contributed by atoms with Crippen molar-refractivity contribution in [3.8, 4) is 0 Å². The molecule has 0 aliphatic rings. The summed E-state index contributed by atoms with van der Waals surface area (Å²) in [5.74, 6) is 0. The van der Waals surface area contributed by atoms with Gasteiger partial charge in [-0.2, -0.15) is 0 Å². The number of halogens is 1. The molecule has 0 atom stereocenters. The van der Waals surface area contributed by atoms with Gasteiger partial charge < -0.3 is 11.1 Å². The Balaban J connectivity index is 2.17. The number of nitrogen functional groups attached to an aromatic ring is 1. The molecule has 110 valence electrons. The fourth-order valence-electron chi connectivity index (χ4n) is 2.46. The average molecular weight is 354 g/mol. The minimum atomic E-state index is 0.619. The Hall–Kier alpha value is -2.33. The molecule has 0 saturated carbocycles. The standard InChI is InChI=1S/C18H16BrN3/c1-3-12-5-4-6-16(11(12)2)22-18-14-9-13(19)7-8-17(14)21-10-15(18)20/h3-10H,1,20H2,2H3,(H,21,22). The Morgan fingerprint density at radius 2 is 2.09 bits per heavy atom. The van der Waals surface area contributed by atoms with Gasteiger partial charge in [0, 0.05) is 15.5 Å². The summed E-state index contributed by atoms with van der Waals surface area (Å²) in [6, 6.07) is 12.0. The molecule has 0 fully saturated rings. The number of aromatic nitrogens is 1. The number of hydrogen-bond donors (Lipinski definition) is 2. The van der Waals surface area contributed by atoms with E-state index in [1.54, 1.807) is 6.20 Å². The molecular formula is C18H16BrN3. The lowest BCUT2D eigenvalue weighted by Gasteiger charge is -2.15. The molecule has 0 bridgehead atoms. The van der Waals surface area contributed by atoms with Crippen LogP contribution in [0.1, 0.15) is 11.1 Å². The van der Waals surface area contributed by atoms with Crippen LogP contribution in [0.4, 0.5) is 17.1 Å². The molecule has 0 aliphatic carbocycles. The third-order valence-electron chi connectivity index (χ3n) is 3.71. The van der Waals surface area contributed by atoms with Gasteiger partial charge in [-0.05, 0) is 42.3 Å². The van der Waals surface area contributed by atoms with Gasteiger partial charge in [-0.3, -0.25) is 4.98 Å². The molecule has 0 spiro atoms. The van der Waals surface area contributed by atoms with Crippen molar-refractivity contribution in [1.82, 2.24) is 4.98 Å². The van der Waals surface area contributed by atoms with Gasteiger partial charge in [0.15, 0.2) is 0 Å². The van der Waals surface area contributed by atoms with Crippen molar-refractivity contribution in [2.24, 2.45) is 0 Å². The highest BCUT2D eigenvalue weighted by molar-refractivity contribution is 9.10. The summed E-state index contributed by atoms with van der Waals surface area (Å²) in [6.07, 6.45) is 3.54. The molecule has 3 nitrogen and oxygen atoms in total. The Kier molecular flexibility index (Phi) is 3.86. The first-order valence-corrected chi connectivity index (χ1v) is 7.72. The molecular weight excluding hydrogens is 338 g/mol. The summed E-state index contributed by atoms with van der Waals surface area (Å²) < 4.78 is 0.993. The predicted octanol–water partition coefficient (Wildman–Crippen LogP) is 5.27. The zero-order valence-electron chi connectivity index (χ0n) is 12.2. The quantitative estimate of drug-likeness (QED) is 0.673. The maximum Gasteiger partial charge on any atom is 0.0746 e. The van der Waals surface area contributed by atoms with E-state index in [2.05, 4.69) is 39.7 Å². The highest BCUT2D eigenvalue weighted by Gasteiger charge is 2.10. The van der Waals surface area contributed by atoms with Gasteiger partial charge in [-0.25, -0.2) is 0 Å². The number of pyridine rings is 1. The van der Waals surface area contributed by atoms with Crippen LogP contribution in [0.5, 0.6) is 0 Å². The van der Waals surface area contributed by atoms with E-state index in [0.29, 0.717) is 5.69 Å². The normalized spacial score (nSPS) is 10.6. The van der Waals surface area contributed by atoms with E-state index in [1.807, 2.05) is 42.5 Å². The van der Waals surface area contributed by atoms with Crippen molar-refractivity contribution in [3.63, 3.8) is 0 Å². The fourth-order valence-corrected chi connectivity index (χ4v) is 2.83. The smallest absolute Gasteiger partial charge is 0.0746 e. The van der Waals surface area contributed by atoms with Gasteiger partial charge >= 0.3 is 0 Å². The Morgan fingerprint density at radius 3 is 2.86 bits per heavy atom. The van der Waals surface area contributed by atoms with Crippen LogP contribution in [0, 0.1) is 6.92 Å². The van der Waals surface area contributed by atoms with Gasteiger partial charge in [-0.1, -0.05) is 40.7 Å². The average Bonchev–Trinajstić information content (AvgIpc) is 2.52. The molecule has 0 amide bonds. The molecule has 3 rings (SSSR count). The molecule has 1 aromatic heterocycles. The van der Waals surface area contributed by atoms with E-state index in [9.17, 15) is 0 Å². The van der Waals surface area contributed by atoms with Crippen LogP contribution >= 0.6 is 15.9 Å². The van der Waals surface area contributed by atoms with Crippen LogP contribution in [0.3, 0.4) is 0 Å². The van der Waals surface area contributed by atoms with Crippen LogP contribution in [0.25, 0.3) is 17.0 Å². The van der Waals surface area contributed by atoms with Gasteiger partial charge in [-0.15, -0.1) is 0 Å². The van der Waals surface area contributed by atoms with Crippen molar-refractivity contribution in [2.45, 2.75) is 6.92 Å². The van der Waals surface area contributed by atoms with E-state index in [0.717, 1.165) is 37.9 Å². The zero-order valence-corrected chi connectivity index (χ0v) is 13.8. The van der Waals surface area contributed by atoms with Crippen molar-refractivity contribution in [3.05, 3.63) is 64.8 Å². The fraction of sp³-hybridized carbons (Fsp3) is 0.0556. The second kappa shape index (κ2) is 5.81. The van der Waals surface area contributed by atoms with E-state index in [-0.39, 0.29) is 0 Å². The highest BCUT2D eigenvalue weighted by atomic mass is 79.9. The van der Waals surface area contributed by atoms with Gasteiger partial charge in [0.2, 0.25) is 0 Å². The first-order valence-electron chi connectivity index (χ1n) is 6.93. The van der Waals surface area contributed by atoms with E-state index in [4.69, 9.17) is 5.73 Å². The van der Waals surface area contributed by atoms with Crippen LogP contribution in [-0.2, 0) is 0 Å². The molecule has 0 unspecified atom stereocenters. The third-order valence-corrected chi connectivity index (χ3v) is 4.21. The number of nitrogens with zero attached hydrogens (tertiary/aromatic N) is 1. The van der Waals surface area contributed by atoms with Crippen LogP contribution in [-0.4, -0.2) is 4.98 Å². The maximum atomic E-state index is 6.14. The van der Waals surface area contributed by atoms with Crippen molar-refractivity contribution >= 4 is 50.0 Å². The minimum absolute atomic E-state index is 0.619. The number of nitrogens with two attached hydrogens (primary N) is 1.